The number of rotatable bonds is 7. The van der Waals surface area contributed by atoms with E-state index in [9.17, 15) is 9.59 Å². The van der Waals surface area contributed by atoms with Crippen LogP contribution < -0.4 is 10.1 Å². The minimum Gasteiger partial charge on any atom is -0.487 e. The number of aryl methyl sites for hydroxylation is 1. The van der Waals surface area contributed by atoms with Gasteiger partial charge in [0.1, 0.15) is 12.4 Å². The molecule has 1 heterocycles. The molecule has 0 saturated carbocycles. The molecule has 1 atom stereocenters. The first-order chi connectivity index (χ1) is 14.4. The summed E-state index contributed by atoms with van der Waals surface area (Å²) >= 11 is 6.14. The second-order valence-corrected chi connectivity index (χ2v) is 7.30. The van der Waals surface area contributed by atoms with E-state index in [4.69, 9.17) is 21.1 Å². The molecule has 0 saturated heterocycles. The molecular weight excluding hydrogens is 404 g/mol. The fourth-order valence-corrected chi connectivity index (χ4v) is 3.52. The van der Waals surface area contributed by atoms with E-state index in [-0.39, 0.29) is 19.2 Å². The lowest BCUT2D eigenvalue weighted by molar-refractivity contribution is -0.139. The smallest absolute Gasteiger partial charge is 0.338 e. The van der Waals surface area contributed by atoms with Gasteiger partial charge in [0.05, 0.1) is 23.9 Å². The fraction of sp³-hybridized carbons (Fsp3) is 0.304. The zero-order chi connectivity index (χ0) is 21.7. The van der Waals surface area contributed by atoms with Gasteiger partial charge in [-0.25, -0.2) is 9.59 Å². The molecule has 1 aliphatic heterocycles. The molecule has 2 aromatic carbocycles. The zero-order valence-corrected chi connectivity index (χ0v) is 18.0. The summed E-state index contributed by atoms with van der Waals surface area (Å²) in [7, 11) is 1.60. The van der Waals surface area contributed by atoms with Gasteiger partial charge in [-0.05, 0) is 48.7 Å². The van der Waals surface area contributed by atoms with E-state index in [1.54, 1.807) is 32.2 Å². The predicted molar refractivity (Wildman–Crippen MR) is 115 cm³/mol. The van der Waals surface area contributed by atoms with Gasteiger partial charge in [-0.1, -0.05) is 42.8 Å². The number of nitrogens with one attached hydrogen (secondary N) is 1. The van der Waals surface area contributed by atoms with Gasteiger partial charge >= 0.3 is 12.0 Å². The molecule has 1 N–H and O–H groups in total. The number of carbonyl (C=O) groups excluding carboxylic acids is 2. The predicted octanol–water partition coefficient (Wildman–Crippen LogP) is 4.49. The van der Waals surface area contributed by atoms with Crippen molar-refractivity contribution >= 4 is 23.6 Å². The number of amides is 2. The second-order valence-electron chi connectivity index (χ2n) is 6.87. The number of urea groups is 1. The molecule has 0 aromatic heterocycles. The van der Waals surface area contributed by atoms with Crippen molar-refractivity contribution in [2.24, 2.45) is 0 Å². The molecule has 3 rings (SSSR count). The summed E-state index contributed by atoms with van der Waals surface area (Å²) in [5, 5.41) is 3.37. The van der Waals surface area contributed by atoms with Crippen LogP contribution in [0.2, 0.25) is 5.02 Å². The fourth-order valence-electron chi connectivity index (χ4n) is 3.32. The van der Waals surface area contributed by atoms with Crippen molar-refractivity contribution in [2.75, 3.05) is 20.3 Å². The number of hydrogen-bond acceptors (Lipinski definition) is 4. The Hall–Kier alpha value is -2.99. The number of benzene rings is 2. The average molecular weight is 429 g/mol. The zero-order valence-electron chi connectivity index (χ0n) is 17.3. The van der Waals surface area contributed by atoms with Crippen molar-refractivity contribution in [3.8, 4) is 5.75 Å². The summed E-state index contributed by atoms with van der Waals surface area (Å²) < 4.78 is 11.3. The largest absolute Gasteiger partial charge is 0.487 e. The van der Waals surface area contributed by atoms with Crippen LogP contribution in [0, 0.1) is 0 Å². The third-order valence-electron chi connectivity index (χ3n) is 4.94. The van der Waals surface area contributed by atoms with Gasteiger partial charge < -0.3 is 14.8 Å². The van der Waals surface area contributed by atoms with Crippen LogP contribution in [0.4, 0.5) is 4.79 Å². The summed E-state index contributed by atoms with van der Waals surface area (Å²) in [5.74, 6) is 0.166. The van der Waals surface area contributed by atoms with Crippen molar-refractivity contribution in [3.63, 3.8) is 0 Å². The van der Waals surface area contributed by atoms with Crippen molar-refractivity contribution in [1.82, 2.24) is 10.2 Å². The number of hydrogen-bond donors (Lipinski definition) is 1. The molecule has 0 bridgehead atoms. The van der Waals surface area contributed by atoms with Crippen molar-refractivity contribution in [2.45, 2.75) is 26.3 Å². The Balaban J connectivity index is 2.02. The maximum absolute atomic E-state index is 12.9. The van der Waals surface area contributed by atoms with Crippen LogP contribution in [0.15, 0.2) is 59.8 Å². The van der Waals surface area contributed by atoms with Crippen LogP contribution in [-0.4, -0.2) is 37.2 Å². The molecule has 6 nitrogen and oxygen atoms in total. The monoisotopic (exact) mass is 428 g/mol. The van der Waals surface area contributed by atoms with Crippen LogP contribution in [0.5, 0.6) is 5.75 Å². The van der Waals surface area contributed by atoms with Crippen LogP contribution in [0.1, 0.15) is 31.0 Å². The minimum absolute atomic E-state index is 0.0439. The molecule has 158 valence electrons. The summed E-state index contributed by atoms with van der Waals surface area (Å²) in [6.07, 6.45) is 0.882. The maximum atomic E-state index is 12.9. The highest BCUT2D eigenvalue weighted by molar-refractivity contribution is 6.30. The number of ether oxygens (including phenoxy) is 2. The van der Waals surface area contributed by atoms with Crippen LogP contribution in [0.3, 0.4) is 0 Å². The van der Waals surface area contributed by atoms with Gasteiger partial charge in [0.15, 0.2) is 0 Å². The number of esters is 1. The second kappa shape index (κ2) is 9.67. The first kappa shape index (κ1) is 21.7. The highest BCUT2D eigenvalue weighted by Gasteiger charge is 2.37. The minimum atomic E-state index is -0.688. The van der Waals surface area contributed by atoms with E-state index in [0.717, 1.165) is 12.0 Å². The summed E-state index contributed by atoms with van der Waals surface area (Å²) in [4.78, 5) is 26.9. The normalized spacial score (nSPS) is 16.3. The van der Waals surface area contributed by atoms with Crippen molar-refractivity contribution in [3.05, 3.63) is 76.0 Å². The third kappa shape index (κ3) is 4.76. The molecule has 1 aliphatic rings. The number of carbonyl (C=O) groups is 2. The first-order valence-corrected chi connectivity index (χ1v) is 10.2. The van der Waals surface area contributed by atoms with Gasteiger partial charge in [0.2, 0.25) is 0 Å². The molecule has 0 spiro atoms. The van der Waals surface area contributed by atoms with Gasteiger partial charge in [0, 0.05) is 12.1 Å². The SMILES string of the molecule is CCOC(=O)C1=C(COc2cccc(CC)c2)N(C)C(=O)N[C@H]1c1cccc(Cl)c1. The Bertz CT molecular complexity index is 973. The van der Waals surface area contributed by atoms with E-state index < -0.39 is 12.0 Å². The maximum Gasteiger partial charge on any atom is 0.338 e. The summed E-state index contributed by atoms with van der Waals surface area (Å²) in [6.45, 7) is 4.07. The lowest BCUT2D eigenvalue weighted by atomic mass is 9.95. The quantitative estimate of drug-likeness (QED) is 0.659. The molecule has 2 aromatic rings. The highest BCUT2D eigenvalue weighted by Crippen LogP contribution is 2.32. The molecule has 0 aliphatic carbocycles. The molecule has 0 unspecified atom stereocenters. The Morgan fingerprint density at radius 1 is 1.17 bits per heavy atom. The van der Waals surface area contributed by atoms with E-state index in [1.165, 1.54) is 4.90 Å². The Labute approximate surface area is 181 Å². The van der Waals surface area contributed by atoms with Crippen LogP contribution in [-0.2, 0) is 16.0 Å². The number of nitrogens with zero attached hydrogens (tertiary/aromatic N) is 1. The Kier molecular flexibility index (Phi) is 7.00. The molecule has 0 fully saturated rings. The van der Waals surface area contributed by atoms with Crippen LogP contribution in [0.25, 0.3) is 0 Å². The van der Waals surface area contributed by atoms with E-state index in [0.29, 0.717) is 27.6 Å². The Morgan fingerprint density at radius 2 is 1.93 bits per heavy atom. The topological polar surface area (TPSA) is 67.9 Å². The molecule has 30 heavy (non-hydrogen) atoms. The number of likely N-dealkylation sites (N-methyl/N-ethyl adjacent to an activating group) is 1. The van der Waals surface area contributed by atoms with Gasteiger partial charge in [-0.2, -0.15) is 0 Å². The summed E-state index contributed by atoms with van der Waals surface area (Å²) in [5.41, 5.74) is 2.60. The standard InChI is InChI=1S/C23H25ClN2O4/c1-4-15-8-6-11-18(12-15)30-14-19-20(22(27)29-5-2)21(25-23(28)26(19)3)16-9-7-10-17(24)13-16/h6-13,21H,4-5,14H2,1-3H3,(H,25,28)/t21-/m0/s1. The average Bonchev–Trinajstić information content (AvgIpc) is 2.74. The molecular formula is C23H25ClN2O4. The van der Waals surface area contributed by atoms with Gasteiger partial charge in [-0.15, -0.1) is 0 Å². The lowest BCUT2D eigenvalue weighted by Gasteiger charge is -2.34. The van der Waals surface area contributed by atoms with E-state index in [2.05, 4.69) is 12.2 Å². The van der Waals surface area contributed by atoms with Crippen molar-refractivity contribution in [1.29, 1.82) is 0 Å². The van der Waals surface area contributed by atoms with E-state index in [1.807, 2.05) is 30.3 Å². The Morgan fingerprint density at radius 3 is 2.63 bits per heavy atom. The van der Waals surface area contributed by atoms with Crippen LogP contribution >= 0.6 is 11.6 Å². The highest BCUT2D eigenvalue weighted by atomic mass is 35.5. The van der Waals surface area contributed by atoms with Gasteiger partial charge in [-0.3, -0.25) is 4.90 Å². The van der Waals surface area contributed by atoms with E-state index >= 15 is 0 Å². The number of halogens is 1. The van der Waals surface area contributed by atoms with Gasteiger partial charge in [0.25, 0.3) is 0 Å². The third-order valence-corrected chi connectivity index (χ3v) is 5.17. The lowest BCUT2D eigenvalue weighted by Crippen LogP contribution is -2.48. The first-order valence-electron chi connectivity index (χ1n) is 9.86. The van der Waals surface area contributed by atoms with Crippen molar-refractivity contribution < 1.29 is 19.1 Å². The molecule has 2 amide bonds. The summed E-state index contributed by atoms with van der Waals surface area (Å²) in [6, 6.07) is 13.7. The molecule has 0 radical (unpaired) electrons. The molecule has 7 heteroatoms.